The van der Waals surface area contributed by atoms with Crippen LogP contribution in [0.1, 0.15) is 17.0 Å². The Morgan fingerprint density at radius 3 is 1.85 bits per heavy atom. The van der Waals surface area contributed by atoms with Crippen LogP contribution in [0, 0.1) is 0 Å². The number of carbonyl (C=O) groups excluding carboxylic acids is 1. The van der Waals surface area contributed by atoms with E-state index in [-0.39, 0.29) is 11.5 Å². The van der Waals surface area contributed by atoms with Gasteiger partial charge in [-0.3, -0.25) is 18.7 Å². The molecule has 7 nitrogen and oxygen atoms in total. The van der Waals surface area contributed by atoms with Gasteiger partial charge in [0.05, 0.1) is 5.92 Å². The Morgan fingerprint density at radius 2 is 1.37 bits per heavy atom. The maximum atomic E-state index is 13.1. The highest BCUT2D eigenvalue weighted by molar-refractivity contribution is 5.99. The lowest BCUT2D eigenvalue weighted by Gasteiger charge is -2.19. The van der Waals surface area contributed by atoms with E-state index in [2.05, 4.69) is 5.32 Å². The molecular weight excluding hydrogens is 344 g/mol. The van der Waals surface area contributed by atoms with E-state index < -0.39 is 23.1 Å². The zero-order chi connectivity index (χ0) is 19.6. The van der Waals surface area contributed by atoms with Crippen LogP contribution in [0.25, 0.3) is 0 Å². The molecule has 0 spiro atoms. The van der Waals surface area contributed by atoms with Crippen molar-refractivity contribution in [3.8, 4) is 0 Å². The summed E-state index contributed by atoms with van der Waals surface area (Å²) in [4.78, 5) is 37.5. The standard InChI is InChI=1S/C20H20N4O3/c1-23-17(21)16(19(26)24(2)20(23)27)22-18(25)15(13-9-5-3-6-10-13)14-11-7-4-8-12-14/h3-12,15H,21H2,1-2H3,(H,22,25). The molecule has 0 saturated heterocycles. The van der Waals surface area contributed by atoms with Crippen molar-refractivity contribution in [2.75, 3.05) is 11.1 Å². The molecule has 3 N–H and O–H groups in total. The van der Waals surface area contributed by atoms with Crippen LogP contribution < -0.4 is 22.3 Å². The van der Waals surface area contributed by atoms with Gasteiger partial charge >= 0.3 is 5.69 Å². The van der Waals surface area contributed by atoms with Crippen LogP contribution in [0.15, 0.2) is 70.3 Å². The Hall–Kier alpha value is -3.61. The number of nitrogens with one attached hydrogen (secondary N) is 1. The zero-order valence-corrected chi connectivity index (χ0v) is 15.0. The molecule has 0 bridgehead atoms. The fourth-order valence-corrected chi connectivity index (χ4v) is 2.96. The van der Waals surface area contributed by atoms with Crippen LogP contribution in [-0.2, 0) is 18.9 Å². The molecular formula is C20H20N4O3. The number of hydrogen-bond acceptors (Lipinski definition) is 4. The van der Waals surface area contributed by atoms with E-state index in [4.69, 9.17) is 5.73 Å². The van der Waals surface area contributed by atoms with Crippen molar-refractivity contribution >= 4 is 17.4 Å². The van der Waals surface area contributed by atoms with Gasteiger partial charge in [0.15, 0.2) is 0 Å². The highest BCUT2D eigenvalue weighted by Gasteiger charge is 2.25. The summed E-state index contributed by atoms with van der Waals surface area (Å²) in [5.41, 5.74) is 6.16. The smallest absolute Gasteiger partial charge is 0.332 e. The van der Waals surface area contributed by atoms with Gasteiger partial charge in [-0.05, 0) is 11.1 Å². The highest BCUT2D eigenvalue weighted by Crippen LogP contribution is 2.26. The van der Waals surface area contributed by atoms with Crippen molar-refractivity contribution in [1.82, 2.24) is 9.13 Å². The first-order chi connectivity index (χ1) is 12.9. The predicted molar refractivity (Wildman–Crippen MR) is 105 cm³/mol. The van der Waals surface area contributed by atoms with Gasteiger partial charge in [0.25, 0.3) is 5.56 Å². The SMILES string of the molecule is Cn1c(N)c(NC(=O)C(c2ccccc2)c2ccccc2)c(=O)n(C)c1=O. The molecule has 1 aromatic heterocycles. The van der Waals surface area contributed by atoms with Crippen LogP contribution in [0.3, 0.4) is 0 Å². The zero-order valence-electron chi connectivity index (χ0n) is 15.0. The molecule has 0 unspecified atom stereocenters. The van der Waals surface area contributed by atoms with Crippen LogP contribution in [0.2, 0.25) is 0 Å². The van der Waals surface area contributed by atoms with Crippen molar-refractivity contribution in [2.45, 2.75) is 5.92 Å². The summed E-state index contributed by atoms with van der Waals surface area (Å²) < 4.78 is 2.03. The Labute approximate surface area is 155 Å². The molecule has 0 aliphatic heterocycles. The average molecular weight is 364 g/mol. The third-order valence-corrected chi connectivity index (χ3v) is 4.49. The number of nitrogen functional groups attached to an aromatic ring is 1. The summed E-state index contributed by atoms with van der Waals surface area (Å²) in [5.74, 6) is -1.13. The summed E-state index contributed by atoms with van der Waals surface area (Å²) >= 11 is 0. The van der Waals surface area contributed by atoms with Gasteiger partial charge in [0.2, 0.25) is 5.91 Å². The van der Waals surface area contributed by atoms with E-state index in [1.165, 1.54) is 14.1 Å². The first-order valence-electron chi connectivity index (χ1n) is 8.38. The molecule has 3 aromatic rings. The van der Waals surface area contributed by atoms with Crippen LogP contribution in [0.4, 0.5) is 11.5 Å². The number of rotatable bonds is 4. The maximum absolute atomic E-state index is 13.1. The molecule has 0 fully saturated rings. The molecule has 0 aliphatic carbocycles. The van der Waals surface area contributed by atoms with Gasteiger partial charge in [-0.1, -0.05) is 60.7 Å². The Balaban J connectivity index is 2.08. The minimum atomic E-state index is -0.649. The molecule has 0 saturated carbocycles. The Morgan fingerprint density at radius 1 is 0.889 bits per heavy atom. The maximum Gasteiger partial charge on any atom is 0.332 e. The predicted octanol–water partition coefficient (Wildman–Crippen LogP) is 1.44. The number of carbonyl (C=O) groups is 1. The van der Waals surface area contributed by atoms with E-state index in [1.54, 1.807) is 0 Å². The number of nitrogens with two attached hydrogens (primary N) is 1. The van der Waals surface area contributed by atoms with Gasteiger partial charge in [0.1, 0.15) is 11.5 Å². The van der Waals surface area contributed by atoms with Crippen LogP contribution in [0.5, 0.6) is 0 Å². The Bertz CT molecular complexity index is 1050. The second-order valence-electron chi connectivity index (χ2n) is 6.21. The average Bonchev–Trinajstić information content (AvgIpc) is 2.70. The monoisotopic (exact) mass is 364 g/mol. The van der Waals surface area contributed by atoms with Gasteiger partial charge in [-0.2, -0.15) is 0 Å². The van der Waals surface area contributed by atoms with E-state index in [9.17, 15) is 14.4 Å². The number of benzene rings is 2. The van der Waals surface area contributed by atoms with Gasteiger partial charge in [0, 0.05) is 14.1 Å². The first kappa shape index (κ1) is 18.2. The largest absolute Gasteiger partial charge is 0.383 e. The number of amides is 1. The second-order valence-corrected chi connectivity index (χ2v) is 6.21. The minimum absolute atomic E-state index is 0.0867. The topological polar surface area (TPSA) is 99.1 Å². The highest BCUT2D eigenvalue weighted by atomic mass is 16.2. The molecule has 3 rings (SSSR count). The van der Waals surface area contributed by atoms with Gasteiger partial charge < -0.3 is 11.1 Å². The summed E-state index contributed by atoms with van der Waals surface area (Å²) in [6.45, 7) is 0. The molecule has 138 valence electrons. The molecule has 27 heavy (non-hydrogen) atoms. The summed E-state index contributed by atoms with van der Waals surface area (Å²) in [5, 5.41) is 2.63. The first-order valence-corrected chi connectivity index (χ1v) is 8.38. The number of anilines is 2. The summed E-state index contributed by atoms with van der Waals surface area (Å²) in [6.07, 6.45) is 0. The molecule has 0 atom stereocenters. The van der Waals surface area contributed by atoms with Crippen LogP contribution in [-0.4, -0.2) is 15.0 Å². The molecule has 1 heterocycles. The van der Waals surface area contributed by atoms with Crippen molar-refractivity contribution < 1.29 is 4.79 Å². The lowest BCUT2D eigenvalue weighted by molar-refractivity contribution is -0.116. The third-order valence-electron chi connectivity index (χ3n) is 4.49. The van der Waals surface area contributed by atoms with E-state index in [0.717, 1.165) is 20.3 Å². The quantitative estimate of drug-likeness (QED) is 0.732. The van der Waals surface area contributed by atoms with E-state index in [0.29, 0.717) is 0 Å². The van der Waals surface area contributed by atoms with Crippen molar-refractivity contribution in [3.63, 3.8) is 0 Å². The van der Waals surface area contributed by atoms with Crippen molar-refractivity contribution in [1.29, 1.82) is 0 Å². The second kappa shape index (κ2) is 7.33. The summed E-state index contributed by atoms with van der Waals surface area (Å²) in [6, 6.07) is 18.5. The molecule has 2 aromatic carbocycles. The fourth-order valence-electron chi connectivity index (χ4n) is 2.96. The van der Waals surface area contributed by atoms with Crippen LogP contribution >= 0.6 is 0 Å². The Kier molecular flexibility index (Phi) is 4.94. The fraction of sp³-hybridized carbons (Fsp3) is 0.150. The third kappa shape index (κ3) is 3.39. The number of aromatic nitrogens is 2. The van der Waals surface area contributed by atoms with Gasteiger partial charge in [-0.15, -0.1) is 0 Å². The van der Waals surface area contributed by atoms with E-state index in [1.807, 2.05) is 60.7 Å². The molecule has 7 heteroatoms. The van der Waals surface area contributed by atoms with E-state index >= 15 is 0 Å². The molecule has 0 radical (unpaired) electrons. The number of nitrogens with zero attached hydrogens (tertiary/aromatic N) is 2. The molecule has 1 amide bonds. The molecule has 0 aliphatic rings. The van der Waals surface area contributed by atoms with Crippen molar-refractivity contribution in [2.24, 2.45) is 14.1 Å². The minimum Gasteiger partial charge on any atom is -0.383 e. The number of hydrogen-bond donors (Lipinski definition) is 2. The lowest BCUT2D eigenvalue weighted by Crippen LogP contribution is -2.40. The summed E-state index contributed by atoms with van der Waals surface area (Å²) in [7, 11) is 2.78. The lowest BCUT2D eigenvalue weighted by atomic mass is 9.90. The van der Waals surface area contributed by atoms with Crippen molar-refractivity contribution in [3.05, 3.63) is 92.6 Å². The normalized spacial score (nSPS) is 10.8. The van der Waals surface area contributed by atoms with Gasteiger partial charge in [-0.25, -0.2) is 4.79 Å².